The molecule has 0 aromatic carbocycles. The summed E-state index contributed by atoms with van der Waals surface area (Å²) in [6, 6.07) is 0.504. The normalized spacial score (nSPS) is 23.8. The van der Waals surface area contributed by atoms with Crippen molar-refractivity contribution in [1.82, 2.24) is 4.90 Å². The minimum atomic E-state index is -0.436. The summed E-state index contributed by atoms with van der Waals surface area (Å²) in [5.41, 5.74) is 1.04. The Kier molecular flexibility index (Phi) is 7.11. The summed E-state index contributed by atoms with van der Waals surface area (Å²) >= 11 is 0. The van der Waals surface area contributed by atoms with Gasteiger partial charge in [0, 0.05) is 19.8 Å². The molecule has 0 saturated carbocycles. The van der Waals surface area contributed by atoms with E-state index in [4.69, 9.17) is 14.2 Å². The maximum Gasteiger partial charge on any atom is 0.411 e. The van der Waals surface area contributed by atoms with Crippen LogP contribution in [0.1, 0.15) is 59.3 Å². The fourth-order valence-electron chi connectivity index (χ4n) is 3.55. The van der Waals surface area contributed by atoms with Gasteiger partial charge in [0.1, 0.15) is 5.60 Å². The number of methoxy groups -OCH3 is 1. The molecule has 2 aliphatic heterocycles. The zero-order valence-electron chi connectivity index (χ0n) is 15.7. The molecule has 2 rings (SSSR count). The maximum atomic E-state index is 12.5. The topological polar surface area (TPSA) is 48.0 Å². The molecule has 2 bridgehead atoms. The molecule has 0 spiro atoms. The van der Waals surface area contributed by atoms with E-state index in [1.807, 2.05) is 25.7 Å². The van der Waals surface area contributed by atoms with Gasteiger partial charge in [-0.15, -0.1) is 0 Å². The molecule has 1 saturated heterocycles. The lowest BCUT2D eigenvalue weighted by Gasteiger charge is -2.45. The van der Waals surface area contributed by atoms with E-state index in [0.717, 1.165) is 38.7 Å². The van der Waals surface area contributed by atoms with Crippen LogP contribution < -0.4 is 0 Å². The van der Waals surface area contributed by atoms with E-state index in [0.29, 0.717) is 19.3 Å². The lowest BCUT2D eigenvalue weighted by Crippen LogP contribution is -2.53. The van der Waals surface area contributed by atoms with Gasteiger partial charge in [-0.3, -0.25) is 4.90 Å². The smallest absolute Gasteiger partial charge is 0.411 e. The fourth-order valence-corrected chi connectivity index (χ4v) is 3.55. The molecule has 5 heteroatoms. The van der Waals surface area contributed by atoms with Crippen LogP contribution in [-0.2, 0) is 14.2 Å². The molecular formula is C19H33NO4. The monoisotopic (exact) mass is 339 g/mol. The molecule has 2 heterocycles. The highest BCUT2D eigenvalue weighted by molar-refractivity contribution is 5.70. The predicted octanol–water partition coefficient (Wildman–Crippen LogP) is 3.92. The Bertz CT molecular complexity index is 441. The van der Waals surface area contributed by atoms with E-state index in [1.165, 1.54) is 12.0 Å². The summed E-state index contributed by atoms with van der Waals surface area (Å²) in [6.07, 6.45) is 8.53. The number of piperidine rings is 1. The molecule has 0 aromatic rings. The first kappa shape index (κ1) is 19.3. The Hall–Kier alpha value is -1.07. The highest BCUT2D eigenvalue weighted by Gasteiger charge is 2.38. The number of hydrogen-bond donors (Lipinski definition) is 0. The van der Waals surface area contributed by atoms with Crippen molar-refractivity contribution in [3.63, 3.8) is 0 Å². The zero-order valence-corrected chi connectivity index (χ0v) is 15.7. The standard InChI is InChI=1S/C19H33NO4/c1-19(2,3)24-18(21)20-16-8-5-9-17(20)14-15(13-16)7-6-10-23-12-11-22-4/h13,16-17H,5-12,14H2,1-4H3. The van der Waals surface area contributed by atoms with Gasteiger partial charge in [-0.25, -0.2) is 4.79 Å². The summed E-state index contributed by atoms with van der Waals surface area (Å²) in [5.74, 6) is 0. The van der Waals surface area contributed by atoms with Crippen LogP contribution in [0.4, 0.5) is 4.79 Å². The van der Waals surface area contributed by atoms with Crippen molar-refractivity contribution in [2.75, 3.05) is 26.9 Å². The van der Waals surface area contributed by atoms with Gasteiger partial charge in [0.15, 0.2) is 0 Å². The number of hydrogen-bond acceptors (Lipinski definition) is 4. The Morgan fingerprint density at radius 3 is 2.71 bits per heavy atom. The fraction of sp³-hybridized carbons (Fsp3) is 0.842. The van der Waals surface area contributed by atoms with E-state index in [2.05, 4.69) is 6.08 Å². The predicted molar refractivity (Wildman–Crippen MR) is 94.1 cm³/mol. The number of nitrogens with zero attached hydrogens (tertiary/aromatic N) is 1. The number of carbonyl (C=O) groups excluding carboxylic acids is 1. The summed E-state index contributed by atoms with van der Waals surface area (Å²) < 4.78 is 16.1. The Morgan fingerprint density at radius 1 is 1.25 bits per heavy atom. The first-order chi connectivity index (χ1) is 11.4. The average Bonchev–Trinajstić information content (AvgIpc) is 2.48. The van der Waals surface area contributed by atoms with Gasteiger partial charge >= 0.3 is 6.09 Å². The average molecular weight is 339 g/mol. The van der Waals surface area contributed by atoms with Crippen LogP contribution in [0.2, 0.25) is 0 Å². The van der Waals surface area contributed by atoms with E-state index in [9.17, 15) is 4.79 Å². The van der Waals surface area contributed by atoms with Crippen LogP contribution in [0.25, 0.3) is 0 Å². The molecule has 2 atom stereocenters. The van der Waals surface area contributed by atoms with Gasteiger partial charge in [0.25, 0.3) is 0 Å². The lowest BCUT2D eigenvalue weighted by atomic mass is 9.84. The minimum Gasteiger partial charge on any atom is -0.444 e. The number of carbonyl (C=O) groups is 1. The molecule has 0 aliphatic carbocycles. The van der Waals surface area contributed by atoms with Crippen LogP contribution in [0.15, 0.2) is 11.6 Å². The van der Waals surface area contributed by atoms with Crippen molar-refractivity contribution in [3.05, 3.63) is 11.6 Å². The van der Waals surface area contributed by atoms with Crippen molar-refractivity contribution >= 4 is 6.09 Å². The first-order valence-electron chi connectivity index (χ1n) is 9.18. The van der Waals surface area contributed by atoms with E-state index in [1.54, 1.807) is 7.11 Å². The van der Waals surface area contributed by atoms with Gasteiger partial charge in [0.2, 0.25) is 0 Å². The molecule has 24 heavy (non-hydrogen) atoms. The summed E-state index contributed by atoms with van der Waals surface area (Å²) in [6.45, 7) is 7.86. The van der Waals surface area contributed by atoms with Crippen LogP contribution in [0.5, 0.6) is 0 Å². The van der Waals surface area contributed by atoms with Crippen LogP contribution >= 0.6 is 0 Å². The van der Waals surface area contributed by atoms with Gasteiger partial charge in [-0.2, -0.15) is 0 Å². The molecule has 2 unspecified atom stereocenters. The summed E-state index contributed by atoms with van der Waals surface area (Å²) in [7, 11) is 1.69. The van der Waals surface area contributed by atoms with E-state index in [-0.39, 0.29) is 12.1 Å². The Morgan fingerprint density at radius 2 is 2.04 bits per heavy atom. The molecule has 5 nitrogen and oxygen atoms in total. The maximum absolute atomic E-state index is 12.5. The molecule has 0 radical (unpaired) electrons. The van der Waals surface area contributed by atoms with Gasteiger partial charge in [-0.1, -0.05) is 11.6 Å². The zero-order chi connectivity index (χ0) is 17.6. The third-order valence-electron chi connectivity index (χ3n) is 4.54. The largest absolute Gasteiger partial charge is 0.444 e. The van der Waals surface area contributed by atoms with Crippen molar-refractivity contribution in [3.8, 4) is 0 Å². The molecule has 1 amide bonds. The molecule has 0 N–H and O–H groups in total. The summed E-state index contributed by atoms with van der Waals surface area (Å²) in [5, 5.41) is 0. The van der Waals surface area contributed by atoms with Crippen molar-refractivity contribution in [2.45, 2.75) is 77.0 Å². The quantitative estimate of drug-likeness (QED) is 0.521. The highest BCUT2D eigenvalue weighted by atomic mass is 16.6. The Labute approximate surface area is 146 Å². The third-order valence-corrected chi connectivity index (χ3v) is 4.54. The van der Waals surface area contributed by atoms with Gasteiger partial charge in [0.05, 0.1) is 19.3 Å². The SMILES string of the molecule is COCCOCCCC1=CC2CCCC(C1)N2C(=O)OC(C)(C)C. The number of amides is 1. The third kappa shape index (κ3) is 5.78. The van der Waals surface area contributed by atoms with E-state index >= 15 is 0 Å². The number of fused-ring (bicyclic) bond motifs is 2. The second kappa shape index (κ2) is 8.86. The van der Waals surface area contributed by atoms with Gasteiger partial charge < -0.3 is 14.2 Å². The minimum absolute atomic E-state index is 0.157. The molecule has 0 aromatic heterocycles. The van der Waals surface area contributed by atoms with Gasteiger partial charge in [-0.05, 0) is 59.3 Å². The summed E-state index contributed by atoms with van der Waals surface area (Å²) in [4.78, 5) is 14.5. The Balaban J connectivity index is 1.86. The lowest BCUT2D eigenvalue weighted by molar-refractivity contribution is -0.00169. The molecular weight excluding hydrogens is 306 g/mol. The second-order valence-corrected chi connectivity index (χ2v) is 7.78. The van der Waals surface area contributed by atoms with Crippen LogP contribution in [-0.4, -0.2) is 55.6 Å². The molecule has 138 valence electrons. The first-order valence-corrected chi connectivity index (χ1v) is 9.18. The van der Waals surface area contributed by atoms with Crippen LogP contribution in [0, 0.1) is 0 Å². The van der Waals surface area contributed by atoms with Crippen LogP contribution in [0.3, 0.4) is 0 Å². The molecule has 2 aliphatic rings. The number of ether oxygens (including phenoxy) is 3. The highest BCUT2D eigenvalue weighted by Crippen LogP contribution is 2.35. The van der Waals surface area contributed by atoms with Crippen molar-refractivity contribution < 1.29 is 19.0 Å². The number of rotatable bonds is 7. The molecule has 1 fully saturated rings. The van der Waals surface area contributed by atoms with Crippen molar-refractivity contribution in [1.29, 1.82) is 0 Å². The second-order valence-electron chi connectivity index (χ2n) is 7.78. The van der Waals surface area contributed by atoms with Crippen molar-refractivity contribution in [2.24, 2.45) is 0 Å². The van der Waals surface area contributed by atoms with E-state index < -0.39 is 5.60 Å².